The van der Waals surface area contributed by atoms with Crippen molar-refractivity contribution in [2.45, 2.75) is 83.5 Å². The number of carbonyl (C=O) groups is 5. The zero-order valence-electron chi connectivity index (χ0n) is 23.7. The number of carbonyl (C=O) groups excluding carboxylic acids is 5. The molecule has 4 amide bonds. The van der Waals surface area contributed by atoms with Gasteiger partial charge in [-0.15, -0.1) is 0 Å². The van der Waals surface area contributed by atoms with E-state index in [0.29, 0.717) is 11.1 Å². The molecule has 1 saturated carbocycles. The fourth-order valence-corrected chi connectivity index (χ4v) is 4.78. The standard InChI is InChI=1S/C31H39FN4O5/c1-19(2)26(27(37)31(41)34-24-15-8-5-9-16-24)36-28(38)20(3)33-30(40)25(18-21-11-10-14-23(32)17-21)35-29(39)22-12-6-4-7-13-22/h4,6-7,10-14,17,19-20,24-26H,5,8-9,15-16,18H2,1-3H3,(H,33,40)(H,34,41)(H,35,39)(H,36,38). The largest absolute Gasteiger partial charge is 0.347 e. The lowest BCUT2D eigenvalue weighted by Crippen LogP contribution is -2.57. The van der Waals surface area contributed by atoms with Crippen LogP contribution in [-0.4, -0.2) is 53.6 Å². The molecule has 9 nitrogen and oxygen atoms in total. The number of halogens is 1. The summed E-state index contributed by atoms with van der Waals surface area (Å²) in [5, 5.41) is 10.6. The summed E-state index contributed by atoms with van der Waals surface area (Å²) >= 11 is 0. The summed E-state index contributed by atoms with van der Waals surface area (Å²) in [6, 6.07) is 10.6. The molecule has 2 aromatic rings. The van der Waals surface area contributed by atoms with E-state index in [0.717, 1.165) is 32.1 Å². The number of benzene rings is 2. The van der Waals surface area contributed by atoms with Crippen molar-refractivity contribution >= 4 is 29.4 Å². The van der Waals surface area contributed by atoms with Gasteiger partial charge in [-0.1, -0.05) is 63.4 Å². The van der Waals surface area contributed by atoms with Gasteiger partial charge in [0.2, 0.25) is 17.6 Å². The van der Waals surface area contributed by atoms with E-state index in [1.54, 1.807) is 50.2 Å². The summed E-state index contributed by atoms with van der Waals surface area (Å²) in [6.07, 6.45) is 4.70. The van der Waals surface area contributed by atoms with Crippen LogP contribution in [0.3, 0.4) is 0 Å². The summed E-state index contributed by atoms with van der Waals surface area (Å²) < 4.78 is 13.8. The first kappa shape index (κ1) is 31.4. The molecule has 10 heteroatoms. The van der Waals surface area contributed by atoms with Crippen LogP contribution in [0.25, 0.3) is 0 Å². The molecule has 1 aliphatic rings. The van der Waals surface area contributed by atoms with Crippen LogP contribution in [0.5, 0.6) is 0 Å². The molecule has 0 spiro atoms. The maximum atomic E-state index is 13.8. The Morgan fingerprint density at radius 1 is 0.829 bits per heavy atom. The number of Topliss-reactive ketones (excluding diaryl/α,β-unsaturated/α-hetero) is 1. The van der Waals surface area contributed by atoms with Gasteiger partial charge in [-0.05, 0) is 55.5 Å². The Morgan fingerprint density at radius 3 is 2.15 bits per heavy atom. The lowest BCUT2D eigenvalue weighted by atomic mass is 9.94. The summed E-state index contributed by atoms with van der Waals surface area (Å²) in [5.41, 5.74) is 0.810. The van der Waals surface area contributed by atoms with E-state index >= 15 is 0 Å². The Bertz CT molecular complexity index is 1230. The average Bonchev–Trinajstić information content (AvgIpc) is 2.95. The lowest BCUT2D eigenvalue weighted by molar-refractivity contribution is -0.141. The number of hydrogen-bond acceptors (Lipinski definition) is 5. The topological polar surface area (TPSA) is 133 Å². The first-order valence-electron chi connectivity index (χ1n) is 14.1. The molecule has 3 atom stereocenters. The lowest BCUT2D eigenvalue weighted by Gasteiger charge is -2.26. The maximum Gasteiger partial charge on any atom is 0.289 e. The van der Waals surface area contributed by atoms with Crippen LogP contribution in [0, 0.1) is 11.7 Å². The van der Waals surface area contributed by atoms with Crippen LogP contribution in [0.2, 0.25) is 0 Å². The fourth-order valence-electron chi connectivity index (χ4n) is 4.78. The minimum absolute atomic E-state index is 0.0229. The van der Waals surface area contributed by atoms with Crippen molar-refractivity contribution < 1.29 is 28.4 Å². The quantitative estimate of drug-likeness (QED) is 0.293. The molecule has 0 saturated heterocycles. The van der Waals surface area contributed by atoms with Gasteiger partial charge < -0.3 is 21.3 Å². The van der Waals surface area contributed by atoms with Gasteiger partial charge in [0.25, 0.3) is 11.8 Å². The number of ketones is 1. The Morgan fingerprint density at radius 2 is 1.51 bits per heavy atom. The third-order valence-corrected chi connectivity index (χ3v) is 7.15. The third kappa shape index (κ3) is 9.51. The van der Waals surface area contributed by atoms with E-state index in [4.69, 9.17) is 0 Å². The number of amides is 4. The molecule has 1 aliphatic carbocycles. The van der Waals surface area contributed by atoms with Crippen LogP contribution < -0.4 is 21.3 Å². The Kier molecular flexibility index (Phi) is 11.6. The molecule has 3 unspecified atom stereocenters. The highest BCUT2D eigenvalue weighted by atomic mass is 19.1. The summed E-state index contributed by atoms with van der Waals surface area (Å²) in [6.45, 7) is 4.87. The van der Waals surface area contributed by atoms with Gasteiger partial charge in [0, 0.05) is 18.0 Å². The van der Waals surface area contributed by atoms with Gasteiger partial charge in [0.15, 0.2) is 0 Å². The minimum atomic E-state index is -1.12. The monoisotopic (exact) mass is 566 g/mol. The molecular weight excluding hydrogens is 527 g/mol. The van der Waals surface area contributed by atoms with Gasteiger partial charge in [-0.3, -0.25) is 24.0 Å². The molecule has 2 aromatic carbocycles. The van der Waals surface area contributed by atoms with Crippen molar-refractivity contribution in [3.05, 3.63) is 71.5 Å². The molecule has 0 bridgehead atoms. The fraction of sp³-hybridized carbons (Fsp3) is 0.452. The van der Waals surface area contributed by atoms with Gasteiger partial charge >= 0.3 is 0 Å². The van der Waals surface area contributed by atoms with Crippen molar-refractivity contribution in [3.8, 4) is 0 Å². The van der Waals surface area contributed by atoms with Crippen LogP contribution in [0.15, 0.2) is 54.6 Å². The molecule has 0 radical (unpaired) electrons. The van der Waals surface area contributed by atoms with Crippen molar-refractivity contribution in [1.29, 1.82) is 0 Å². The van der Waals surface area contributed by atoms with Crippen molar-refractivity contribution in [1.82, 2.24) is 21.3 Å². The summed E-state index contributed by atoms with van der Waals surface area (Å²) in [7, 11) is 0. The van der Waals surface area contributed by atoms with Gasteiger partial charge in [0.1, 0.15) is 17.9 Å². The first-order valence-corrected chi connectivity index (χ1v) is 14.1. The molecule has 0 heterocycles. The van der Waals surface area contributed by atoms with Crippen LogP contribution in [0.4, 0.5) is 4.39 Å². The second kappa shape index (κ2) is 15.1. The zero-order chi connectivity index (χ0) is 29.9. The smallest absolute Gasteiger partial charge is 0.289 e. The predicted molar refractivity (Wildman–Crippen MR) is 152 cm³/mol. The zero-order valence-corrected chi connectivity index (χ0v) is 23.7. The van der Waals surface area contributed by atoms with Crippen LogP contribution in [-0.2, 0) is 25.6 Å². The van der Waals surface area contributed by atoms with Crippen molar-refractivity contribution in [3.63, 3.8) is 0 Å². The van der Waals surface area contributed by atoms with Crippen LogP contribution >= 0.6 is 0 Å². The highest BCUT2D eigenvalue weighted by Crippen LogP contribution is 2.17. The van der Waals surface area contributed by atoms with Gasteiger partial charge in [-0.2, -0.15) is 0 Å². The Balaban J connectivity index is 1.66. The molecule has 0 aromatic heterocycles. The maximum absolute atomic E-state index is 13.8. The third-order valence-electron chi connectivity index (χ3n) is 7.15. The van der Waals surface area contributed by atoms with Crippen molar-refractivity contribution in [2.24, 2.45) is 5.92 Å². The Labute approximate surface area is 240 Å². The normalized spacial score (nSPS) is 15.7. The molecule has 4 N–H and O–H groups in total. The van der Waals surface area contributed by atoms with E-state index in [2.05, 4.69) is 21.3 Å². The highest BCUT2D eigenvalue weighted by molar-refractivity contribution is 6.38. The number of rotatable bonds is 12. The molecular formula is C31H39FN4O5. The Hall–Kier alpha value is -4.08. The summed E-state index contributed by atoms with van der Waals surface area (Å²) in [5.74, 6) is -4.16. The first-order chi connectivity index (χ1) is 19.5. The highest BCUT2D eigenvalue weighted by Gasteiger charge is 2.33. The van der Waals surface area contributed by atoms with Gasteiger partial charge in [0.05, 0.1) is 6.04 Å². The second-order valence-electron chi connectivity index (χ2n) is 10.9. The second-order valence-corrected chi connectivity index (χ2v) is 10.9. The summed E-state index contributed by atoms with van der Waals surface area (Å²) in [4.78, 5) is 64.7. The molecule has 3 rings (SSSR count). The molecule has 220 valence electrons. The van der Waals surface area contributed by atoms with Crippen molar-refractivity contribution in [2.75, 3.05) is 0 Å². The number of hydrogen-bond donors (Lipinski definition) is 4. The average molecular weight is 567 g/mol. The molecule has 41 heavy (non-hydrogen) atoms. The van der Waals surface area contributed by atoms with E-state index in [-0.39, 0.29) is 18.4 Å². The van der Waals surface area contributed by atoms with E-state index in [9.17, 15) is 28.4 Å². The van der Waals surface area contributed by atoms with E-state index in [1.807, 2.05) is 0 Å². The molecule has 1 fully saturated rings. The molecule has 0 aliphatic heterocycles. The van der Waals surface area contributed by atoms with Crippen LogP contribution in [0.1, 0.15) is 68.8 Å². The number of nitrogens with one attached hydrogen (secondary N) is 4. The van der Waals surface area contributed by atoms with E-state index < -0.39 is 53.4 Å². The SMILES string of the molecule is CC(NC(=O)C(Cc1cccc(F)c1)NC(=O)c1ccccc1)C(=O)NC(C(=O)C(=O)NC1CCCCC1)C(C)C. The predicted octanol–water partition coefficient (Wildman–Crippen LogP) is 2.83. The van der Waals surface area contributed by atoms with E-state index in [1.165, 1.54) is 25.1 Å². The van der Waals surface area contributed by atoms with Gasteiger partial charge in [-0.25, -0.2) is 4.39 Å². The minimum Gasteiger partial charge on any atom is -0.347 e.